The first-order chi connectivity index (χ1) is 15.8. The Hall–Kier alpha value is -3.49. The third-order valence-electron chi connectivity index (χ3n) is 6.08. The molecular weight excluding hydrogens is 436 g/mol. The topological polar surface area (TPSA) is 58.1 Å². The highest BCUT2D eigenvalue weighted by Crippen LogP contribution is 2.34. The van der Waals surface area contributed by atoms with Gasteiger partial charge in [0, 0.05) is 43.3 Å². The Morgan fingerprint density at radius 1 is 1.06 bits per heavy atom. The number of halogens is 4. The Morgan fingerprint density at radius 3 is 2.64 bits per heavy atom. The van der Waals surface area contributed by atoms with Gasteiger partial charge in [0.15, 0.2) is 0 Å². The highest BCUT2D eigenvalue weighted by molar-refractivity contribution is 5.98. The fourth-order valence-electron chi connectivity index (χ4n) is 4.50. The molecule has 0 radical (unpaired) electrons. The Bertz CT molecular complexity index is 1220. The summed E-state index contributed by atoms with van der Waals surface area (Å²) in [5, 5.41) is 2.82. The normalized spacial score (nSPS) is 16.2. The van der Waals surface area contributed by atoms with Gasteiger partial charge in [-0.3, -0.25) is 14.8 Å². The minimum Gasteiger partial charge on any atom is -0.371 e. The quantitative estimate of drug-likeness (QED) is 0.596. The van der Waals surface area contributed by atoms with Gasteiger partial charge < -0.3 is 10.2 Å². The molecule has 2 aliphatic heterocycles. The van der Waals surface area contributed by atoms with Crippen molar-refractivity contribution in [1.82, 2.24) is 15.3 Å². The number of rotatable bonds is 4. The molecule has 0 aliphatic carbocycles. The second-order valence-electron chi connectivity index (χ2n) is 8.41. The second-order valence-corrected chi connectivity index (χ2v) is 8.41. The average Bonchev–Trinajstić information content (AvgIpc) is 2.75. The zero-order valence-corrected chi connectivity index (χ0v) is 17.5. The van der Waals surface area contributed by atoms with Crippen molar-refractivity contribution in [3.63, 3.8) is 0 Å². The van der Waals surface area contributed by atoms with E-state index in [1.165, 1.54) is 6.07 Å². The Labute approximate surface area is 187 Å². The van der Waals surface area contributed by atoms with Crippen LogP contribution < -0.4 is 10.2 Å². The molecule has 1 aromatic carbocycles. The molecule has 0 spiro atoms. The van der Waals surface area contributed by atoms with Crippen LogP contribution in [0.15, 0.2) is 48.8 Å². The lowest BCUT2D eigenvalue weighted by Gasteiger charge is -2.41. The summed E-state index contributed by atoms with van der Waals surface area (Å²) >= 11 is 0. The predicted molar refractivity (Wildman–Crippen MR) is 114 cm³/mol. The van der Waals surface area contributed by atoms with Crippen LogP contribution in [-0.2, 0) is 19.0 Å². The summed E-state index contributed by atoms with van der Waals surface area (Å²) in [6.07, 6.45) is -0.236. The lowest BCUT2D eigenvalue weighted by molar-refractivity contribution is -0.137. The van der Waals surface area contributed by atoms with Crippen molar-refractivity contribution >= 4 is 11.6 Å². The van der Waals surface area contributed by atoms with Gasteiger partial charge in [0.05, 0.1) is 17.0 Å². The molecular formula is C24H20F4N4O. The number of nitrogens with one attached hydrogen (secondary N) is 1. The van der Waals surface area contributed by atoms with E-state index in [1.807, 2.05) is 12.1 Å². The molecule has 0 saturated carbocycles. The molecule has 1 saturated heterocycles. The first kappa shape index (κ1) is 21.4. The van der Waals surface area contributed by atoms with Crippen LogP contribution in [0.5, 0.6) is 0 Å². The minimum atomic E-state index is -4.57. The maximum absolute atomic E-state index is 13.7. The van der Waals surface area contributed by atoms with Gasteiger partial charge in [-0.25, -0.2) is 4.39 Å². The molecule has 2 aromatic heterocycles. The van der Waals surface area contributed by atoms with E-state index in [9.17, 15) is 22.4 Å². The van der Waals surface area contributed by atoms with Gasteiger partial charge in [-0.2, -0.15) is 13.2 Å². The van der Waals surface area contributed by atoms with Crippen LogP contribution >= 0.6 is 0 Å². The van der Waals surface area contributed by atoms with Gasteiger partial charge in [0.1, 0.15) is 5.82 Å². The van der Waals surface area contributed by atoms with Crippen molar-refractivity contribution in [1.29, 1.82) is 0 Å². The first-order valence-electron chi connectivity index (χ1n) is 10.6. The van der Waals surface area contributed by atoms with Crippen LogP contribution in [0.1, 0.15) is 27.0 Å². The summed E-state index contributed by atoms with van der Waals surface area (Å²) in [5.41, 5.74) is 3.14. The molecule has 3 aromatic rings. The number of nitrogens with zero attached hydrogens (tertiary/aromatic N) is 3. The third-order valence-corrected chi connectivity index (χ3v) is 6.08. The molecule has 33 heavy (non-hydrogen) atoms. The molecule has 0 unspecified atom stereocenters. The Morgan fingerprint density at radius 2 is 1.85 bits per heavy atom. The van der Waals surface area contributed by atoms with E-state index in [2.05, 4.69) is 20.2 Å². The van der Waals surface area contributed by atoms with E-state index in [4.69, 9.17) is 0 Å². The van der Waals surface area contributed by atoms with Gasteiger partial charge in [-0.05, 0) is 66.3 Å². The maximum Gasteiger partial charge on any atom is 0.416 e. The number of hydrogen-bond acceptors (Lipinski definition) is 4. The lowest BCUT2D eigenvalue weighted by Crippen LogP contribution is -2.47. The van der Waals surface area contributed by atoms with Gasteiger partial charge >= 0.3 is 6.18 Å². The smallest absolute Gasteiger partial charge is 0.371 e. The largest absolute Gasteiger partial charge is 0.416 e. The summed E-state index contributed by atoms with van der Waals surface area (Å²) in [7, 11) is 0. The fraction of sp³-hybridized carbons (Fsp3) is 0.292. The predicted octanol–water partition coefficient (Wildman–Crippen LogP) is 4.27. The van der Waals surface area contributed by atoms with Crippen LogP contribution in [0, 0.1) is 11.7 Å². The molecule has 5 rings (SSSR count). The minimum absolute atomic E-state index is 0.118. The van der Waals surface area contributed by atoms with Crippen molar-refractivity contribution in [2.75, 3.05) is 24.5 Å². The molecule has 0 bridgehead atoms. The number of carbonyl (C=O) groups is 1. The summed E-state index contributed by atoms with van der Waals surface area (Å²) in [4.78, 5) is 23.1. The molecule has 2 aliphatic rings. The fourth-order valence-corrected chi connectivity index (χ4v) is 4.50. The number of carbonyl (C=O) groups excluding carboxylic acids is 1. The average molecular weight is 456 g/mol. The SMILES string of the molecule is O=C1NCCc2c1ccnc2-c1cc(N2CC(Cc3cc(F)cc(C(F)(F)F)c3)C2)ccn1. The number of aromatic nitrogens is 2. The van der Waals surface area contributed by atoms with Crippen LogP contribution in [-0.4, -0.2) is 35.5 Å². The van der Waals surface area contributed by atoms with Crippen LogP contribution in [0.25, 0.3) is 11.4 Å². The molecule has 1 amide bonds. The van der Waals surface area contributed by atoms with Crippen LogP contribution in [0.2, 0.25) is 0 Å². The summed E-state index contributed by atoms with van der Waals surface area (Å²) in [5.74, 6) is -0.870. The Kier molecular flexibility index (Phi) is 5.26. The van der Waals surface area contributed by atoms with Crippen molar-refractivity contribution in [2.45, 2.75) is 19.0 Å². The second kappa shape index (κ2) is 8.13. The first-order valence-corrected chi connectivity index (χ1v) is 10.6. The number of benzene rings is 1. The third kappa shape index (κ3) is 4.27. The van der Waals surface area contributed by atoms with Crippen LogP contribution in [0.4, 0.5) is 23.2 Å². The highest BCUT2D eigenvalue weighted by Gasteiger charge is 2.33. The van der Waals surface area contributed by atoms with Crippen LogP contribution in [0.3, 0.4) is 0 Å². The van der Waals surface area contributed by atoms with Gasteiger partial charge in [0.2, 0.25) is 0 Å². The standard InChI is InChI=1S/C24H20F4N4O/c25-17-9-14(8-16(10-17)24(26,27)28)7-15-12-32(13-15)18-1-4-29-21(11-18)22-19-2-6-31-23(33)20(19)3-5-30-22/h1,3-5,8-11,15H,2,6-7,12-13H2,(H,31,33). The summed E-state index contributed by atoms with van der Waals surface area (Å²) < 4.78 is 52.6. The molecule has 1 N–H and O–H groups in total. The maximum atomic E-state index is 13.7. The number of pyridine rings is 2. The van der Waals surface area contributed by atoms with Crippen molar-refractivity contribution in [2.24, 2.45) is 5.92 Å². The molecule has 0 atom stereocenters. The molecule has 1 fully saturated rings. The van der Waals surface area contributed by atoms with Crippen molar-refractivity contribution in [3.05, 3.63) is 76.9 Å². The van der Waals surface area contributed by atoms with Crippen molar-refractivity contribution in [3.8, 4) is 11.4 Å². The Balaban J connectivity index is 1.31. The van der Waals surface area contributed by atoms with E-state index in [0.717, 1.165) is 17.3 Å². The monoisotopic (exact) mass is 456 g/mol. The van der Waals surface area contributed by atoms with E-state index < -0.39 is 17.6 Å². The lowest BCUT2D eigenvalue weighted by atomic mass is 9.90. The van der Waals surface area contributed by atoms with Gasteiger partial charge in [-0.1, -0.05) is 0 Å². The van der Waals surface area contributed by atoms with Crippen molar-refractivity contribution < 1.29 is 22.4 Å². The zero-order chi connectivity index (χ0) is 23.2. The number of fused-ring (bicyclic) bond motifs is 1. The van der Waals surface area contributed by atoms with E-state index in [1.54, 1.807) is 18.5 Å². The molecule has 5 nitrogen and oxygen atoms in total. The zero-order valence-electron chi connectivity index (χ0n) is 17.5. The number of anilines is 1. The highest BCUT2D eigenvalue weighted by atomic mass is 19.4. The molecule has 170 valence electrons. The summed E-state index contributed by atoms with van der Waals surface area (Å²) in [6.45, 7) is 1.84. The summed E-state index contributed by atoms with van der Waals surface area (Å²) in [6, 6.07) is 8.20. The van der Waals surface area contributed by atoms with Gasteiger partial charge in [0.25, 0.3) is 5.91 Å². The molecule has 4 heterocycles. The molecule has 9 heteroatoms. The number of amides is 1. The van der Waals surface area contributed by atoms with E-state index in [0.29, 0.717) is 61.1 Å². The number of alkyl halides is 3. The van der Waals surface area contributed by atoms with Gasteiger partial charge in [-0.15, -0.1) is 0 Å². The van der Waals surface area contributed by atoms with E-state index >= 15 is 0 Å². The number of hydrogen-bond donors (Lipinski definition) is 1. The van der Waals surface area contributed by atoms with E-state index in [-0.39, 0.29) is 11.8 Å².